The summed E-state index contributed by atoms with van der Waals surface area (Å²) in [5.41, 5.74) is 0.633. The second kappa shape index (κ2) is 15.6. The molecule has 0 aliphatic carbocycles. The van der Waals surface area contributed by atoms with E-state index in [2.05, 4.69) is 10.2 Å². The summed E-state index contributed by atoms with van der Waals surface area (Å²) in [5.74, 6) is -0.125. The fourth-order valence-corrected chi connectivity index (χ4v) is 8.89. The van der Waals surface area contributed by atoms with Gasteiger partial charge in [0.1, 0.15) is 21.7 Å². The Hall–Kier alpha value is -3.87. The summed E-state index contributed by atoms with van der Waals surface area (Å²) >= 11 is 14.3. The minimum atomic E-state index is -1.25. The third-order valence-electron chi connectivity index (χ3n) is 9.87. The Morgan fingerprint density at radius 1 is 1.00 bits per heavy atom. The maximum atomic E-state index is 13.5. The number of hydrogen-bond acceptors (Lipinski definition) is 9. The maximum Gasteiger partial charge on any atom is 0.328 e. The molecule has 2 bridgehead atoms. The number of methoxy groups -OCH3 is 2. The van der Waals surface area contributed by atoms with Gasteiger partial charge in [0.2, 0.25) is 12.4 Å². The molecular formula is C37H40Cl2N3O7S+. The van der Waals surface area contributed by atoms with E-state index in [0.29, 0.717) is 35.1 Å². The summed E-state index contributed by atoms with van der Waals surface area (Å²) < 4.78 is 17.7. The molecule has 3 aliphatic rings. The van der Waals surface area contributed by atoms with E-state index in [-0.39, 0.29) is 28.8 Å². The maximum absolute atomic E-state index is 13.5. The number of carboxylic acid groups (broad SMARTS) is 1. The highest BCUT2D eigenvalue weighted by molar-refractivity contribution is 7.12. The summed E-state index contributed by atoms with van der Waals surface area (Å²) in [4.78, 5) is 30.8. The lowest BCUT2D eigenvalue weighted by molar-refractivity contribution is -0.904. The average molecular weight is 742 g/mol. The van der Waals surface area contributed by atoms with Crippen LogP contribution in [-0.4, -0.2) is 61.0 Å². The Labute approximate surface area is 305 Å². The van der Waals surface area contributed by atoms with Crippen molar-refractivity contribution in [1.82, 2.24) is 10.2 Å². The molecule has 0 spiro atoms. The highest BCUT2D eigenvalue weighted by Crippen LogP contribution is 2.44. The molecule has 3 N–H and O–H groups in total. The zero-order valence-corrected chi connectivity index (χ0v) is 30.1. The van der Waals surface area contributed by atoms with Crippen molar-refractivity contribution in [3.63, 3.8) is 0 Å². The Morgan fingerprint density at radius 2 is 1.68 bits per heavy atom. The first kappa shape index (κ1) is 35.9. The van der Waals surface area contributed by atoms with Crippen LogP contribution in [0.2, 0.25) is 10.0 Å². The van der Waals surface area contributed by atoms with Crippen LogP contribution in [0.1, 0.15) is 45.4 Å². The average Bonchev–Trinajstić information content (AvgIpc) is 3.57. The van der Waals surface area contributed by atoms with Crippen LogP contribution in [0.4, 0.5) is 0 Å². The standard InChI is InChI=1S/C37H39Cl2N3O7S/c1-47-32-11-8-24(16-34(32)48-2)33(18-28-30(38)21-42(46)22-31(28)39)49-35(43)17-26-9-10-27(50-26)19-40-37(36(44)45,25-6-4-3-5-7-25)29-20-41-14-12-23(29)13-15-41/h3-11,16,21-23,29,33,40H,12-15,17-20H2,1-2H3,(H-,44,45,46)/p+1/t29-,33-,37?/m0/s1. The summed E-state index contributed by atoms with van der Waals surface area (Å²) in [5, 5.41) is 24.7. The predicted molar refractivity (Wildman–Crippen MR) is 189 cm³/mol. The fraction of sp³-hybridized carbons (Fsp3) is 0.378. The SMILES string of the molecule is COc1ccc([C@H](Cc2c(Cl)c[n+](O)cc2Cl)OC(=O)Cc2ccc(CNC(C(=O)O)(c3ccccc3)[C@H]3CN4CCC3CC4)s2)cc1OC. The largest absolute Gasteiger partial charge is 0.493 e. The molecular weight excluding hydrogens is 701 g/mol. The number of benzene rings is 2. The van der Waals surface area contributed by atoms with Crippen molar-refractivity contribution in [1.29, 1.82) is 0 Å². The molecule has 0 amide bonds. The van der Waals surface area contributed by atoms with Crippen molar-refractivity contribution < 1.29 is 38.8 Å². The van der Waals surface area contributed by atoms with Crippen LogP contribution >= 0.6 is 34.5 Å². The van der Waals surface area contributed by atoms with Crippen molar-refractivity contribution in [2.75, 3.05) is 33.9 Å². The number of aromatic nitrogens is 1. The smallest absolute Gasteiger partial charge is 0.328 e. The van der Waals surface area contributed by atoms with Gasteiger partial charge in [0.15, 0.2) is 11.5 Å². The molecule has 3 fully saturated rings. The van der Waals surface area contributed by atoms with Crippen molar-refractivity contribution in [3.8, 4) is 11.5 Å². The highest BCUT2D eigenvalue weighted by Gasteiger charge is 2.53. The molecule has 264 valence electrons. The third-order valence-corrected chi connectivity index (χ3v) is 11.6. The van der Waals surface area contributed by atoms with Crippen LogP contribution in [0.25, 0.3) is 0 Å². The number of nitrogens with zero attached hydrogens (tertiary/aromatic N) is 2. The van der Waals surface area contributed by atoms with Crippen LogP contribution in [-0.2, 0) is 39.3 Å². The fourth-order valence-electron chi connectivity index (χ4n) is 7.34. The van der Waals surface area contributed by atoms with E-state index in [9.17, 15) is 19.9 Å². The van der Waals surface area contributed by atoms with E-state index in [1.165, 1.54) is 38.0 Å². The number of ether oxygens (including phenoxy) is 3. The number of carbonyl (C=O) groups excluding carboxylic acids is 1. The molecule has 1 unspecified atom stereocenters. The first-order chi connectivity index (χ1) is 24.1. The molecule has 3 atom stereocenters. The summed E-state index contributed by atoms with van der Waals surface area (Å²) in [6.45, 7) is 3.09. The second-order valence-electron chi connectivity index (χ2n) is 12.7. The number of nitrogens with one attached hydrogen (secondary N) is 1. The van der Waals surface area contributed by atoms with E-state index < -0.39 is 23.6 Å². The number of pyridine rings is 1. The van der Waals surface area contributed by atoms with Gasteiger partial charge in [-0.1, -0.05) is 59.6 Å². The summed E-state index contributed by atoms with van der Waals surface area (Å²) in [7, 11) is 3.06. The molecule has 10 nitrogen and oxygen atoms in total. The molecule has 2 aromatic carbocycles. The van der Waals surface area contributed by atoms with Crippen LogP contribution in [0.5, 0.6) is 11.5 Å². The molecule has 13 heteroatoms. The number of esters is 1. The lowest BCUT2D eigenvalue weighted by Crippen LogP contribution is -2.63. The van der Waals surface area contributed by atoms with Gasteiger partial charge in [0, 0.05) is 45.5 Å². The van der Waals surface area contributed by atoms with Crippen LogP contribution < -0.4 is 19.5 Å². The zero-order valence-electron chi connectivity index (χ0n) is 27.8. The number of piperidine rings is 3. The molecule has 3 aliphatic heterocycles. The van der Waals surface area contributed by atoms with E-state index in [1.54, 1.807) is 18.2 Å². The Bertz CT molecular complexity index is 1810. The van der Waals surface area contributed by atoms with Gasteiger partial charge in [-0.2, -0.15) is 0 Å². The molecule has 4 aromatic rings. The summed E-state index contributed by atoms with van der Waals surface area (Å²) in [6, 6.07) is 18.5. The molecule has 5 heterocycles. The van der Waals surface area contributed by atoms with Gasteiger partial charge < -0.3 is 24.2 Å². The molecule has 50 heavy (non-hydrogen) atoms. The van der Waals surface area contributed by atoms with E-state index in [0.717, 1.165) is 52.5 Å². The highest BCUT2D eigenvalue weighted by atomic mass is 35.5. The normalized spacial score (nSPS) is 20.1. The van der Waals surface area contributed by atoms with Gasteiger partial charge in [-0.25, -0.2) is 4.79 Å². The third kappa shape index (κ3) is 7.57. The molecule has 2 aromatic heterocycles. The van der Waals surface area contributed by atoms with Gasteiger partial charge in [-0.05, 0) is 67.2 Å². The Balaban J connectivity index is 1.20. The first-order valence-corrected chi connectivity index (χ1v) is 18.0. The monoisotopic (exact) mass is 740 g/mol. The van der Waals surface area contributed by atoms with E-state index >= 15 is 0 Å². The lowest BCUT2D eigenvalue weighted by atomic mass is 9.65. The van der Waals surface area contributed by atoms with E-state index in [1.807, 2.05) is 42.5 Å². The van der Waals surface area contributed by atoms with Crippen LogP contribution in [0.15, 0.2) is 73.1 Å². The zero-order chi connectivity index (χ0) is 35.4. The number of hydrogen-bond donors (Lipinski definition) is 3. The number of rotatable bonds is 14. The number of aliphatic carboxylic acids is 1. The number of carboxylic acids is 1. The first-order valence-electron chi connectivity index (χ1n) is 16.4. The molecule has 3 saturated heterocycles. The Morgan fingerprint density at radius 3 is 2.30 bits per heavy atom. The lowest BCUT2D eigenvalue weighted by Gasteiger charge is -2.51. The van der Waals surface area contributed by atoms with Gasteiger partial charge in [0.05, 0.1) is 20.6 Å². The quantitative estimate of drug-likeness (QED) is 0.0803. The number of halogens is 2. The van der Waals surface area contributed by atoms with Crippen LogP contribution in [0, 0.1) is 11.8 Å². The minimum Gasteiger partial charge on any atom is -0.493 e. The molecule has 0 saturated carbocycles. The second-order valence-corrected chi connectivity index (χ2v) is 14.8. The van der Waals surface area contributed by atoms with Gasteiger partial charge >= 0.3 is 11.9 Å². The van der Waals surface area contributed by atoms with Gasteiger partial charge in [0.25, 0.3) is 0 Å². The van der Waals surface area contributed by atoms with E-state index in [4.69, 9.17) is 37.4 Å². The Kier molecular flexibility index (Phi) is 11.2. The minimum absolute atomic E-state index is 0.00374. The van der Waals surface area contributed by atoms with Gasteiger partial charge in [-0.15, -0.1) is 11.3 Å². The van der Waals surface area contributed by atoms with Crippen molar-refractivity contribution in [3.05, 3.63) is 110 Å². The number of carbonyl (C=O) groups is 2. The predicted octanol–water partition coefficient (Wildman–Crippen LogP) is 6.08. The molecule has 0 radical (unpaired) electrons. The van der Waals surface area contributed by atoms with Gasteiger partial charge in [-0.3, -0.25) is 15.3 Å². The number of thiophene rings is 1. The van der Waals surface area contributed by atoms with Crippen LogP contribution in [0.3, 0.4) is 0 Å². The van der Waals surface area contributed by atoms with Crippen molar-refractivity contribution >= 4 is 46.5 Å². The molecule has 7 rings (SSSR count). The van der Waals surface area contributed by atoms with Crippen molar-refractivity contribution in [2.24, 2.45) is 11.8 Å². The topological polar surface area (TPSA) is 121 Å². The van der Waals surface area contributed by atoms with Crippen molar-refractivity contribution in [2.45, 2.75) is 43.9 Å². The number of fused-ring (bicyclic) bond motifs is 3. The summed E-state index contributed by atoms with van der Waals surface area (Å²) in [6.07, 6.45) is 3.95.